The van der Waals surface area contributed by atoms with Crippen LogP contribution in [0, 0.1) is 20.8 Å². The van der Waals surface area contributed by atoms with Crippen molar-refractivity contribution in [3.63, 3.8) is 0 Å². The van der Waals surface area contributed by atoms with Gasteiger partial charge in [-0.1, -0.05) is 6.07 Å². The SMILES string of the molecule is Cc1cc(C)cc(N2CCN(C(=O)c3cc[nH]c3C)CC2)c1. The van der Waals surface area contributed by atoms with Gasteiger partial charge in [0.15, 0.2) is 0 Å². The fraction of sp³-hybridized carbons (Fsp3) is 0.389. The van der Waals surface area contributed by atoms with Crippen molar-refractivity contribution >= 4 is 11.6 Å². The number of hydrogen-bond donors (Lipinski definition) is 1. The summed E-state index contributed by atoms with van der Waals surface area (Å²) in [4.78, 5) is 19.9. The largest absolute Gasteiger partial charge is 0.368 e. The van der Waals surface area contributed by atoms with Gasteiger partial charge in [-0.2, -0.15) is 0 Å². The highest BCUT2D eigenvalue weighted by Gasteiger charge is 2.23. The minimum absolute atomic E-state index is 0.138. The first-order valence-corrected chi connectivity index (χ1v) is 7.81. The Balaban J connectivity index is 1.67. The van der Waals surface area contributed by atoms with E-state index in [1.54, 1.807) is 0 Å². The van der Waals surface area contributed by atoms with Crippen molar-refractivity contribution in [1.29, 1.82) is 0 Å². The zero-order valence-electron chi connectivity index (χ0n) is 13.5. The number of rotatable bonds is 2. The van der Waals surface area contributed by atoms with Crippen LogP contribution in [0.25, 0.3) is 0 Å². The average Bonchev–Trinajstić information content (AvgIpc) is 2.92. The summed E-state index contributed by atoms with van der Waals surface area (Å²) >= 11 is 0. The zero-order valence-corrected chi connectivity index (χ0v) is 13.5. The summed E-state index contributed by atoms with van der Waals surface area (Å²) in [6.07, 6.45) is 1.83. The third-order valence-corrected chi connectivity index (χ3v) is 4.32. The van der Waals surface area contributed by atoms with Gasteiger partial charge in [0.05, 0.1) is 5.56 Å². The van der Waals surface area contributed by atoms with Crippen LogP contribution < -0.4 is 4.90 Å². The van der Waals surface area contributed by atoms with Crippen LogP contribution in [0.5, 0.6) is 0 Å². The molecule has 22 heavy (non-hydrogen) atoms. The van der Waals surface area contributed by atoms with E-state index < -0.39 is 0 Å². The molecule has 2 aromatic rings. The molecule has 0 atom stereocenters. The van der Waals surface area contributed by atoms with Crippen LogP contribution in [0.1, 0.15) is 27.2 Å². The maximum atomic E-state index is 12.5. The number of anilines is 1. The van der Waals surface area contributed by atoms with E-state index in [0.29, 0.717) is 0 Å². The molecule has 0 unspecified atom stereocenters. The molecule has 1 fully saturated rings. The van der Waals surface area contributed by atoms with Crippen molar-refractivity contribution in [2.75, 3.05) is 31.1 Å². The Labute approximate surface area is 131 Å². The highest BCUT2D eigenvalue weighted by molar-refractivity contribution is 5.95. The van der Waals surface area contributed by atoms with Crippen LogP contribution in [-0.4, -0.2) is 42.0 Å². The normalized spacial score (nSPS) is 15.2. The van der Waals surface area contributed by atoms with E-state index in [9.17, 15) is 4.79 Å². The number of aromatic amines is 1. The maximum absolute atomic E-state index is 12.5. The second kappa shape index (κ2) is 5.87. The summed E-state index contributed by atoms with van der Waals surface area (Å²) in [7, 11) is 0. The smallest absolute Gasteiger partial charge is 0.255 e. The van der Waals surface area contributed by atoms with Gasteiger partial charge >= 0.3 is 0 Å². The van der Waals surface area contributed by atoms with Gasteiger partial charge in [-0.05, 0) is 50.1 Å². The van der Waals surface area contributed by atoms with E-state index >= 15 is 0 Å². The molecule has 0 aliphatic carbocycles. The quantitative estimate of drug-likeness (QED) is 0.926. The van der Waals surface area contributed by atoms with Gasteiger partial charge in [0.1, 0.15) is 0 Å². The lowest BCUT2D eigenvalue weighted by molar-refractivity contribution is 0.0746. The van der Waals surface area contributed by atoms with Crippen molar-refractivity contribution in [1.82, 2.24) is 9.88 Å². The zero-order chi connectivity index (χ0) is 15.7. The fourth-order valence-electron chi connectivity index (χ4n) is 3.16. The van der Waals surface area contributed by atoms with Gasteiger partial charge in [-0.25, -0.2) is 0 Å². The molecule has 1 aromatic carbocycles. The van der Waals surface area contributed by atoms with Gasteiger partial charge in [0.2, 0.25) is 0 Å². The first kappa shape index (κ1) is 14.7. The highest BCUT2D eigenvalue weighted by Crippen LogP contribution is 2.21. The molecule has 1 aliphatic heterocycles. The maximum Gasteiger partial charge on any atom is 0.255 e. The Bertz CT molecular complexity index is 661. The molecule has 3 rings (SSSR count). The molecule has 2 heterocycles. The Morgan fingerprint density at radius 3 is 2.18 bits per heavy atom. The highest BCUT2D eigenvalue weighted by atomic mass is 16.2. The number of hydrogen-bond acceptors (Lipinski definition) is 2. The van der Waals surface area contributed by atoms with Crippen LogP contribution in [0.3, 0.4) is 0 Å². The predicted octanol–water partition coefficient (Wildman–Crippen LogP) is 2.90. The summed E-state index contributed by atoms with van der Waals surface area (Å²) < 4.78 is 0. The van der Waals surface area contributed by atoms with Gasteiger partial charge in [0, 0.05) is 43.8 Å². The molecule has 0 spiro atoms. The number of aromatic nitrogens is 1. The Morgan fingerprint density at radius 2 is 1.64 bits per heavy atom. The monoisotopic (exact) mass is 297 g/mol. The van der Waals surface area contributed by atoms with Crippen molar-refractivity contribution in [3.05, 3.63) is 52.8 Å². The Morgan fingerprint density at radius 1 is 1.00 bits per heavy atom. The van der Waals surface area contributed by atoms with Crippen molar-refractivity contribution < 1.29 is 4.79 Å². The second-order valence-corrected chi connectivity index (χ2v) is 6.14. The molecule has 1 saturated heterocycles. The molecule has 0 bridgehead atoms. The average molecular weight is 297 g/mol. The Hall–Kier alpha value is -2.23. The van der Waals surface area contributed by atoms with Crippen molar-refractivity contribution in [2.45, 2.75) is 20.8 Å². The van der Waals surface area contributed by atoms with Crippen molar-refractivity contribution in [3.8, 4) is 0 Å². The van der Waals surface area contributed by atoms with Crippen LogP contribution >= 0.6 is 0 Å². The second-order valence-electron chi connectivity index (χ2n) is 6.14. The molecule has 1 amide bonds. The summed E-state index contributed by atoms with van der Waals surface area (Å²) in [5, 5.41) is 0. The number of piperazine rings is 1. The standard InChI is InChI=1S/C18H23N3O/c1-13-10-14(2)12-16(11-13)20-6-8-21(9-7-20)18(22)17-4-5-19-15(17)3/h4-5,10-12,19H,6-9H2,1-3H3. The van der Waals surface area contributed by atoms with E-state index in [1.807, 2.05) is 24.1 Å². The number of amides is 1. The first-order chi connectivity index (χ1) is 10.5. The van der Waals surface area contributed by atoms with E-state index in [2.05, 4.69) is 41.9 Å². The number of benzene rings is 1. The number of carbonyl (C=O) groups excluding carboxylic acids is 1. The first-order valence-electron chi connectivity index (χ1n) is 7.81. The summed E-state index contributed by atoms with van der Waals surface area (Å²) in [5.41, 5.74) is 5.58. The molecule has 0 radical (unpaired) electrons. The number of nitrogens with zero attached hydrogens (tertiary/aromatic N) is 2. The van der Waals surface area contributed by atoms with Gasteiger partial charge in [-0.3, -0.25) is 4.79 Å². The van der Waals surface area contributed by atoms with E-state index in [1.165, 1.54) is 16.8 Å². The lowest BCUT2D eigenvalue weighted by atomic mass is 10.1. The predicted molar refractivity (Wildman–Crippen MR) is 89.6 cm³/mol. The van der Waals surface area contributed by atoms with Gasteiger partial charge in [-0.15, -0.1) is 0 Å². The minimum atomic E-state index is 0.138. The summed E-state index contributed by atoms with van der Waals surface area (Å²) in [6.45, 7) is 9.53. The Kier molecular flexibility index (Phi) is 3.92. The fourth-order valence-corrected chi connectivity index (χ4v) is 3.16. The lowest BCUT2D eigenvalue weighted by Crippen LogP contribution is -2.48. The summed E-state index contributed by atoms with van der Waals surface area (Å²) in [5.74, 6) is 0.138. The van der Waals surface area contributed by atoms with Crippen LogP contribution in [0.2, 0.25) is 0 Å². The van der Waals surface area contributed by atoms with E-state index in [0.717, 1.165) is 37.4 Å². The molecular formula is C18H23N3O. The molecule has 1 N–H and O–H groups in total. The number of nitrogens with one attached hydrogen (secondary N) is 1. The molecule has 4 heteroatoms. The molecule has 1 aromatic heterocycles. The topological polar surface area (TPSA) is 39.3 Å². The number of aryl methyl sites for hydroxylation is 3. The molecule has 0 saturated carbocycles. The van der Waals surface area contributed by atoms with Crippen molar-refractivity contribution in [2.24, 2.45) is 0 Å². The minimum Gasteiger partial charge on any atom is -0.368 e. The molecular weight excluding hydrogens is 274 g/mol. The van der Waals surface area contributed by atoms with Gasteiger partial charge in [0.25, 0.3) is 5.91 Å². The molecule has 1 aliphatic rings. The lowest BCUT2D eigenvalue weighted by Gasteiger charge is -2.36. The van der Waals surface area contributed by atoms with Crippen LogP contribution in [0.4, 0.5) is 5.69 Å². The van der Waals surface area contributed by atoms with E-state index in [4.69, 9.17) is 0 Å². The third-order valence-electron chi connectivity index (χ3n) is 4.32. The number of carbonyl (C=O) groups is 1. The van der Waals surface area contributed by atoms with E-state index in [-0.39, 0.29) is 5.91 Å². The van der Waals surface area contributed by atoms with Gasteiger partial charge < -0.3 is 14.8 Å². The number of H-pyrrole nitrogens is 1. The molecule has 4 nitrogen and oxygen atoms in total. The van der Waals surface area contributed by atoms with Crippen LogP contribution in [-0.2, 0) is 0 Å². The third kappa shape index (κ3) is 2.86. The van der Waals surface area contributed by atoms with Crippen LogP contribution in [0.15, 0.2) is 30.5 Å². The summed E-state index contributed by atoms with van der Waals surface area (Å²) in [6, 6.07) is 8.51. The molecule has 116 valence electrons.